The fourth-order valence-corrected chi connectivity index (χ4v) is 3.37. The van der Waals surface area contributed by atoms with Gasteiger partial charge in [-0.15, -0.1) is 0 Å². The maximum absolute atomic E-state index is 12.2. The molecule has 0 aliphatic carbocycles. The Morgan fingerprint density at radius 1 is 1.27 bits per heavy atom. The standard InChI is InChI=1S/C19H21N5OS/c1-13-16(12-20)18(23-19(21-13)26-2)22-15-7-5-14(6-8-15)11-17(25)24-9-3-4-10-24/h5-8H,3-4,9-11H2,1-2H3,(H,21,22,23). The SMILES string of the molecule is CSc1nc(C)c(C#N)c(Nc2ccc(CC(=O)N3CCCC3)cc2)n1. The average molecular weight is 367 g/mol. The van der Waals surface area contributed by atoms with Gasteiger partial charge in [-0.05, 0) is 43.7 Å². The molecule has 0 radical (unpaired) electrons. The van der Waals surface area contributed by atoms with Gasteiger partial charge in [0.2, 0.25) is 5.91 Å². The second kappa shape index (κ2) is 8.19. The van der Waals surface area contributed by atoms with Crippen LogP contribution in [-0.2, 0) is 11.2 Å². The Morgan fingerprint density at radius 3 is 2.58 bits per heavy atom. The van der Waals surface area contributed by atoms with Crippen LogP contribution in [0.5, 0.6) is 0 Å². The summed E-state index contributed by atoms with van der Waals surface area (Å²) in [6.45, 7) is 3.55. The Labute approximate surface area is 157 Å². The minimum absolute atomic E-state index is 0.186. The predicted octanol–water partition coefficient (Wildman–Crippen LogP) is 3.29. The second-order valence-electron chi connectivity index (χ2n) is 6.22. The highest BCUT2D eigenvalue weighted by Gasteiger charge is 2.18. The molecule has 1 N–H and O–H groups in total. The van der Waals surface area contributed by atoms with Crippen LogP contribution in [0.15, 0.2) is 29.4 Å². The zero-order chi connectivity index (χ0) is 18.5. The fourth-order valence-electron chi connectivity index (χ4n) is 2.96. The first-order valence-electron chi connectivity index (χ1n) is 8.57. The Hall–Kier alpha value is -2.59. The van der Waals surface area contributed by atoms with Crippen LogP contribution in [0.1, 0.15) is 29.7 Å². The van der Waals surface area contributed by atoms with E-state index in [4.69, 9.17) is 0 Å². The molecule has 3 rings (SSSR count). The molecular formula is C19H21N5OS. The number of amides is 1. The molecule has 1 fully saturated rings. The first-order chi connectivity index (χ1) is 12.6. The lowest BCUT2D eigenvalue weighted by Crippen LogP contribution is -2.29. The molecule has 7 heteroatoms. The molecular weight excluding hydrogens is 346 g/mol. The molecule has 1 amide bonds. The van der Waals surface area contributed by atoms with Crippen LogP contribution >= 0.6 is 11.8 Å². The van der Waals surface area contributed by atoms with E-state index in [-0.39, 0.29) is 5.91 Å². The van der Waals surface area contributed by atoms with Crippen LogP contribution in [0.4, 0.5) is 11.5 Å². The Morgan fingerprint density at radius 2 is 1.96 bits per heavy atom. The Bertz CT molecular complexity index is 838. The third-order valence-electron chi connectivity index (χ3n) is 4.39. The number of rotatable bonds is 5. The lowest BCUT2D eigenvalue weighted by Gasteiger charge is -2.15. The predicted molar refractivity (Wildman–Crippen MR) is 103 cm³/mol. The van der Waals surface area contributed by atoms with Crippen molar-refractivity contribution in [2.75, 3.05) is 24.7 Å². The van der Waals surface area contributed by atoms with Gasteiger partial charge in [0.1, 0.15) is 11.6 Å². The largest absolute Gasteiger partial charge is 0.342 e. The summed E-state index contributed by atoms with van der Waals surface area (Å²) in [6.07, 6.45) is 4.53. The summed E-state index contributed by atoms with van der Waals surface area (Å²) in [5.74, 6) is 0.691. The molecule has 0 bridgehead atoms. The molecule has 0 atom stereocenters. The van der Waals surface area contributed by atoms with Crippen molar-refractivity contribution in [2.24, 2.45) is 0 Å². The monoisotopic (exact) mass is 367 g/mol. The van der Waals surface area contributed by atoms with E-state index in [1.807, 2.05) is 35.4 Å². The second-order valence-corrected chi connectivity index (χ2v) is 6.99. The van der Waals surface area contributed by atoms with Crippen molar-refractivity contribution >= 4 is 29.2 Å². The highest BCUT2D eigenvalue weighted by Crippen LogP contribution is 2.23. The minimum Gasteiger partial charge on any atom is -0.342 e. The maximum Gasteiger partial charge on any atom is 0.226 e. The van der Waals surface area contributed by atoms with Crippen molar-refractivity contribution in [2.45, 2.75) is 31.3 Å². The van der Waals surface area contributed by atoms with Crippen molar-refractivity contribution in [3.05, 3.63) is 41.1 Å². The number of hydrogen-bond donors (Lipinski definition) is 1. The maximum atomic E-state index is 12.2. The van der Waals surface area contributed by atoms with Crippen molar-refractivity contribution in [3.8, 4) is 6.07 Å². The molecule has 1 saturated heterocycles. The van der Waals surface area contributed by atoms with Crippen LogP contribution in [-0.4, -0.2) is 40.1 Å². The van der Waals surface area contributed by atoms with Gasteiger partial charge in [-0.25, -0.2) is 9.97 Å². The smallest absolute Gasteiger partial charge is 0.226 e. The van der Waals surface area contributed by atoms with E-state index < -0.39 is 0 Å². The molecule has 26 heavy (non-hydrogen) atoms. The Balaban J connectivity index is 1.72. The topological polar surface area (TPSA) is 81.9 Å². The van der Waals surface area contributed by atoms with E-state index in [0.717, 1.165) is 37.2 Å². The van der Waals surface area contributed by atoms with E-state index >= 15 is 0 Å². The van der Waals surface area contributed by atoms with E-state index in [0.29, 0.717) is 28.7 Å². The average Bonchev–Trinajstić information content (AvgIpc) is 3.18. The number of nitriles is 1. The first kappa shape index (κ1) is 18.2. The molecule has 0 unspecified atom stereocenters. The number of aromatic nitrogens is 2. The van der Waals surface area contributed by atoms with Crippen LogP contribution in [0.2, 0.25) is 0 Å². The summed E-state index contributed by atoms with van der Waals surface area (Å²) in [5, 5.41) is 13.2. The lowest BCUT2D eigenvalue weighted by atomic mass is 10.1. The number of anilines is 2. The molecule has 6 nitrogen and oxygen atoms in total. The summed E-state index contributed by atoms with van der Waals surface area (Å²) in [5.41, 5.74) is 2.90. The quantitative estimate of drug-likeness (QED) is 0.645. The van der Waals surface area contributed by atoms with Gasteiger partial charge in [0.25, 0.3) is 0 Å². The number of carbonyl (C=O) groups excluding carboxylic acids is 1. The highest BCUT2D eigenvalue weighted by atomic mass is 32.2. The molecule has 1 aromatic heterocycles. The number of nitrogens with one attached hydrogen (secondary N) is 1. The van der Waals surface area contributed by atoms with Crippen molar-refractivity contribution in [1.82, 2.24) is 14.9 Å². The first-order valence-corrected chi connectivity index (χ1v) is 9.79. The number of carbonyl (C=O) groups is 1. The summed E-state index contributed by atoms with van der Waals surface area (Å²) in [7, 11) is 0. The van der Waals surface area contributed by atoms with E-state index in [1.54, 1.807) is 6.92 Å². The molecule has 1 aromatic carbocycles. The van der Waals surface area contributed by atoms with E-state index in [1.165, 1.54) is 11.8 Å². The summed E-state index contributed by atoms with van der Waals surface area (Å²) in [6, 6.07) is 9.84. The van der Waals surface area contributed by atoms with Gasteiger partial charge >= 0.3 is 0 Å². The zero-order valence-electron chi connectivity index (χ0n) is 15.0. The number of thioether (sulfide) groups is 1. The minimum atomic E-state index is 0.186. The fraction of sp³-hybridized carbons (Fsp3) is 0.368. The number of likely N-dealkylation sites (tertiary alicyclic amines) is 1. The number of aryl methyl sites for hydroxylation is 1. The third kappa shape index (κ3) is 4.14. The molecule has 0 spiro atoms. The van der Waals surface area contributed by atoms with Gasteiger partial charge in [-0.2, -0.15) is 5.26 Å². The van der Waals surface area contributed by atoms with Gasteiger partial charge in [-0.3, -0.25) is 4.79 Å². The van der Waals surface area contributed by atoms with Crippen molar-refractivity contribution in [1.29, 1.82) is 5.26 Å². The number of hydrogen-bond acceptors (Lipinski definition) is 6. The summed E-state index contributed by atoms with van der Waals surface area (Å²) in [4.78, 5) is 22.9. The van der Waals surface area contributed by atoms with Gasteiger partial charge in [0.05, 0.1) is 12.1 Å². The van der Waals surface area contributed by atoms with Crippen LogP contribution in [0.25, 0.3) is 0 Å². The zero-order valence-corrected chi connectivity index (χ0v) is 15.8. The molecule has 1 aliphatic rings. The van der Waals surface area contributed by atoms with Crippen LogP contribution in [0.3, 0.4) is 0 Å². The van der Waals surface area contributed by atoms with Gasteiger partial charge in [0.15, 0.2) is 11.0 Å². The lowest BCUT2D eigenvalue weighted by molar-refractivity contribution is -0.129. The van der Waals surface area contributed by atoms with Gasteiger partial charge in [0, 0.05) is 18.8 Å². The molecule has 0 saturated carbocycles. The molecule has 2 aromatic rings. The molecule has 1 aliphatic heterocycles. The van der Waals surface area contributed by atoms with Gasteiger partial charge < -0.3 is 10.2 Å². The normalized spacial score (nSPS) is 13.5. The highest BCUT2D eigenvalue weighted by molar-refractivity contribution is 7.98. The third-order valence-corrected chi connectivity index (χ3v) is 4.94. The summed E-state index contributed by atoms with van der Waals surface area (Å²) >= 11 is 1.43. The summed E-state index contributed by atoms with van der Waals surface area (Å²) < 4.78 is 0. The van der Waals surface area contributed by atoms with Crippen LogP contribution in [0, 0.1) is 18.3 Å². The molecule has 134 valence electrons. The van der Waals surface area contributed by atoms with Crippen molar-refractivity contribution in [3.63, 3.8) is 0 Å². The van der Waals surface area contributed by atoms with Crippen molar-refractivity contribution < 1.29 is 4.79 Å². The Kier molecular flexibility index (Phi) is 5.74. The van der Waals surface area contributed by atoms with E-state index in [2.05, 4.69) is 21.4 Å². The van der Waals surface area contributed by atoms with Crippen LogP contribution < -0.4 is 5.32 Å². The van der Waals surface area contributed by atoms with E-state index in [9.17, 15) is 10.1 Å². The molecule has 2 heterocycles. The number of benzene rings is 1. The number of nitrogens with zero attached hydrogens (tertiary/aromatic N) is 4. The van der Waals surface area contributed by atoms with Gasteiger partial charge in [-0.1, -0.05) is 23.9 Å².